The predicted molar refractivity (Wildman–Crippen MR) is 66.9 cm³/mol. The number of nitrogens with zero attached hydrogens (tertiary/aromatic N) is 1. The molecule has 2 unspecified atom stereocenters. The summed E-state index contributed by atoms with van der Waals surface area (Å²) in [5.41, 5.74) is 0.535. The topological polar surface area (TPSA) is 76.5 Å². The maximum Gasteiger partial charge on any atom is 0.354 e. The van der Waals surface area contributed by atoms with Crippen molar-refractivity contribution in [3.05, 3.63) is 29.6 Å². The van der Waals surface area contributed by atoms with Crippen LogP contribution in [0.2, 0.25) is 0 Å². The third-order valence-electron chi connectivity index (χ3n) is 2.73. The SMILES string of the molecule is O=C(O)c1cccc(CS(=O)CC2CCCO2)n1. The molecule has 1 aliphatic rings. The van der Waals surface area contributed by atoms with Gasteiger partial charge in [0.25, 0.3) is 0 Å². The predicted octanol–water partition coefficient (Wildman–Crippen LogP) is 1.21. The summed E-state index contributed by atoms with van der Waals surface area (Å²) in [4.78, 5) is 14.7. The molecular weight excluding hydrogens is 254 g/mol. The first-order chi connectivity index (χ1) is 8.65. The van der Waals surface area contributed by atoms with Crippen LogP contribution in [0.25, 0.3) is 0 Å². The van der Waals surface area contributed by atoms with Crippen LogP contribution in [0.15, 0.2) is 18.2 Å². The van der Waals surface area contributed by atoms with Gasteiger partial charge >= 0.3 is 5.97 Å². The molecule has 1 aromatic heterocycles. The molecule has 2 atom stereocenters. The zero-order chi connectivity index (χ0) is 13.0. The molecule has 98 valence electrons. The van der Waals surface area contributed by atoms with Crippen molar-refractivity contribution < 1.29 is 18.8 Å². The molecule has 1 N–H and O–H groups in total. The highest BCUT2D eigenvalue weighted by molar-refractivity contribution is 7.84. The number of ether oxygens (including phenoxy) is 1. The van der Waals surface area contributed by atoms with Gasteiger partial charge in [0.15, 0.2) is 0 Å². The molecule has 0 aliphatic carbocycles. The summed E-state index contributed by atoms with van der Waals surface area (Å²) < 4.78 is 17.3. The van der Waals surface area contributed by atoms with E-state index in [0.717, 1.165) is 19.4 Å². The number of hydrogen-bond donors (Lipinski definition) is 1. The quantitative estimate of drug-likeness (QED) is 0.869. The summed E-state index contributed by atoms with van der Waals surface area (Å²) in [7, 11) is -1.06. The van der Waals surface area contributed by atoms with Crippen LogP contribution in [0.3, 0.4) is 0 Å². The first kappa shape index (κ1) is 13.2. The zero-order valence-corrected chi connectivity index (χ0v) is 10.7. The second-order valence-electron chi connectivity index (χ2n) is 4.21. The van der Waals surface area contributed by atoms with E-state index in [-0.39, 0.29) is 17.6 Å². The third kappa shape index (κ3) is 3.61. The summed E-state index contributed by atoms with van der Waals surface area (Å²) >= 11 is 0. The Hall–Kier alpha value is -1.27. The van der Waals surface area contributed by atoms with Crippen LogP contribution in [-0.2, 0) is 21.3 Å². The first-order valence-electron chi connectivity index (χ1n) is 5.81. The Morgan fingerprint density at radius 3 is 3.06 bits per heavy atom. The Balaban J connectivity index is 1.93. The fourth-order valence-corrected chi connectivity index (χ4v) is 3.17. The van der Waals surface area contributed by atoms with Gasteiger partial charge in [-0.05, 0) is 25.0 Å². The van der Waals surface area contributed by atoms with Gasteiger partial charge in [0, 0.05) is 17.4 Å². The second kappa shape index (κ2) is 6.06. The van der Waals surface area contributed by atoms with E-state index < -0.39 is 16.8 Å². The van der Waals surface area contributed by atoms with E-state index in [1.54, 1.807) is 12.1 Å². The molecule has 0 saturated carbocycles. The first-order valence-corrected chi connectivity index (χ1v) is 7.30. The molecule has 0 bridgehead atoms. The number of pyridine rings is 1. The zero-order valence-electron chi connectivity index (χ0n) is 9.87. The maximum absolute atomic E-state index is 11.9. The van der Waals surface area contributed by atoms with Crippen molar-refractivity contribution >= 4 is 16.8 Å². The standard InChI is InChI=1S/C12H15NO4S/c14-12(15)11-5-1-3-9(13-11)7-18(16)8-10-4-2-6-17-10/h1,3,5,10H,2,4,6-8H2,(H,14,15). The Bertz CT molecular complexity index is 457. The van der Waals surface area contributed by atoms with Crippen molar-refractivity contribution in [1.29, 1.82) is 0 Å². The molecule has 0 amide bonds. The number of rotatable bonds is 5. The summed E-state index contributed by atoms with van der Waals surface area (Å²) in [5, 5.41) is 8.81. The van der Waals surface area contributed by atoms with Crippen molar-refractivity contribution in [3.63, 3.8) is 0 Å². The summed E-state index contributed by atoms with van der Waals surface area (Å²) in [6, 6.07) is 4.74. The molecule has 0 aromatic carbocycles. The Morgan fingerprint density at radius 1 is 1.56 bits per heavy atom. The number of aromatic nitrogens is 1. The average molecular weight is 269 g/mol. The highest BCUT2D eigenvalue weighted by Gasteiger charge is 2.18. The van der Waals surface area contributed by atoms with E-state index in [1.165, 1.54) is 6.07 Å². The highest BCUT2D eigenvalue weighted by Crippen LogP contribution is 2.14. The van der Waals surface area contributed by atoms with Crippen LogP contribution in [0.4, 0.5) is 0 Å². The van der Waals surface area contributed by atoms with Gasteiger partial charge in [-0.25, -0.2) is 9.78 Å². The van der Waals surface area contributed by atoms with Crippen LogP contribution in [0.5, 0.6) is 0 Å². The summed E-state index contributed by atoms with van der Waals surface area (Å²) in [6.45, 7) is 0.745. The van der Waals surface area contributed by atoms with Crippen molar-refractivity contribution in [2.45, 2.75) is 24.7 Å². The summed E-state index contributed by atoms with van der Waals surface area (Å²) in [6.07, 6.45) is 2.05. The fourth-order valence-electron chi connectivity index (χ4n) is 1.89. The van der Waals surface area contributed by atoms with Crippen LogP contribution < -0.4 is 0 Å². The van der Waals surface area contributed by atoms with E-state index in [4.69, 9.17) is 9.84 Å². The van der Waals surface area contributed by atoms with Crippen LogP contribution in [0.1, 0.15) is 29.0 Å². The molecule has 1 aromatic rings. The maximum atomic E-state index is 11.9. The molecule has 1 saturated heterocycles. The van der Waals surface area contributed by atoms with E-state index in [2.05, 4.69) is 4.98 Å². The van der Waals surface area contributed by atoms with Crippen LogP contribution in [0, 0.1) is 0 Å². The lowest BCUT2D eigenvalue weighted by Crippen LogP contribution is -2.17. The van der Waals surface area contributed by atoms with Crippen LogP contribution in [-0.4, -0.2) is 38.7 Å². The largest absolute Gasteiger partial charge is 0.477 e. The minimum atomic E-state index is -1.07. The number of carboxylic acid groups (broad SMARTS) is 1. The molecule has 2 rings (SSSR count). The molecule has 18 heavy (non-hydrogen) atoms. The lowest BCUT2D eigenvalue weighted by Gasteiger charge is -2.08. The molecule has 1 aliphatic heterocycles. The van der Waals surface area contributed by atoms with Gasteiger partial charge in [-0.15, -0.1) is 0 Å². The lowest BCUT2D eigenvalue weighted by molar-refractivity contribution is 0.0690. The molecule has 0 radical (unpaired) electrons. The fraction of sp³-hybridized carbons (Fsp3) is 0.500. The number of carbonyl (C=O) groups is 1. The van der Waals surface area contributed by atoms with Gasteiger partial charge in [-0.1, -0.05) is 6.07 Å². The van der Waals surface area contributed by atoms with E-state index in [0.29, 0.717) is 11.4 Å². The Morgan fingerprint density at radius 2 is 2.39 bits per heavy atom. The molecule has 2 heterocycles. The van der Waals surface area contributed by atoms with Gasteiger partial charge in [-0.3, -0.25) is 4.21 Å². The second-order valence-corrected chi connectivity index (χ2v) is 5.71. The summed E-state index contributed by atoms with van der Waals surface area (Å²) in [5.74, 6) is -0.290. The van der Waals surface area contributed by atoms with Gasteiger partial charge in [0.1, 0.15) is 5.69 Å². The van der Waals surface area contributed by atoms with Gasteiger partial charge < -0.3 is 9.84 Å². The minimum absolute atomic E-state index is 0.0124. The number of carboxylic acids is 1. The van der Waals surface area contributed by atoms with Crippen molar-refractivity contribution in [2.24, 2.45) is 0 Å². The third-order valence-corrected chi connectivity index (χ3v) is 4.09. The Kier molecular flexibility index (Phi) is 4.43. The molecule has 0 spiro atoms. The van der Waals surface area contributed by atoms with E-state index >= 15 is 0 Å². The van der Waals surface area contributed by atoms with E-state index in [1.807, 2.05) is 0 Å². The molecular formula is C12H15NO4S. The van der Waals surface area contributed by atoms with Crippen LogP contribution >= 0.6 is 0 Å². The van der Waals surface area contributed by atoms with Gasteiger partial charge in [0.05, 0.1) is 23.3 Å². The smallest absolute Gasteiger partial charge is 0.354 e. The van der Waals surface area contributed by atoms with Crippen molar-refractivity contribution in [2.75, 3.05) is 12.4 Å². The van der Waals surface area contributed by atoms with Crippen molar-refractivity contribution in [1.82, 2.24) is 4.98 Å². The normalized spacial score (nSPS) is 20.8. The lowest BCUT2D eigenvalue weighted by atomic mass is 10.3. The number of hydrogen-bond acceptors (Lipinski definition) is 4. The minimum Gasteiger partial charge on any atom is -0.477 e. The molecule has 1 fully saturated rings. The molecule has 5 nitrogen and oxygen atoms in total. The van der Waals surface area contributed by atoms with Gasteiger partial charge in [-0.2, -0.15) is 0 Å². The number of aromatic carboxylic acids is 1. The monoisotopic (exact) mass is 269 g/mol. The van der Waals surface area contributed by atoms with Crippen molar-refractivity contribution in [3.8, 4) is 0 Å². The highest BCUT2D eigenvalue weighted by atomic mass is 32.2. The molecule has 6 heteroatoms. The van der Waals surface area contributed by atoms with E-state index in [9.17, 15) is 9.00 Å². The average Bonchev–Trinajstić information content (AvgIpc) is 2.82. The Labute approximate surface area is 108 Å². The van der Waals surface area contributed by atoms with Gasteiger partial charge in [0.2, 0.25) is 0 Å².